The zero-order valence-electron chi connectivity index (χ0n) is 7.69. The summed E-state index contributed by atoms with van der Waals surface area (Å²) in [4.78, 5) is 10.9. The number of alkyl carbamates (subject to hydrolysis) is 1. The van der Waals surface area contributed by atoms with E-state index >= 15 is 0 Å². The first kappa shape index (κ1) is 7.85. The Labute approximate surface area is 82.1 Å². The molecule has 1 unspecified atom stereocenters. The number of hydrogen-bond acceptors (Lipinski definition) is 2. The molecule has 1 aromatic carbocycles. The van der Waals surface area contributed by atoms with Gasteiger partial charge in [0.05, 0.1) is 5.54 Å². The van der Waals surface area contributed by atoms with Crippen molar-refractivity contribution in [1.82, 2.24) is 5.32 Å². The highest BCUT2D eigenvalue weighted by Crippen LogP contribution is 2.53. The molecule has 72 valence electrons. The van der Waals surface area contributed by atoms with Crippen LogP contribution in [-0.2, 0) is 4.74 Å². The summed E-state index contributed by atoms with van der Waals surface area (Å²) in [5.41, 5.74) is 1.21. The normalized spacial score (nSPS) is 34.0. The Bertz CT molecular complexity index is 376. The third-order valence-electron chi connectivity index (χ3n) is 3.09. The van der Waals surface area contributed by atoms with Gasteiger partial charge >= 0.3 is 6.09 Å². The molecule has 1 spiro atoms. The van der Waals surface area contributed by atoms with Crippen molar-refractivity contribution in [2.75, 3.05) is 6.61 Å². The van der Waals surface area contributed by atoms with Crippen molar-refractivity contribution in [3.05, 3.63) is 35.9 Å². The lowest BCUT2D eigenvalue weighted by molar-refractivity contribution is 0.176. The first-order valence-electron chi connectivity index (χ1n) is 4.80. The van der Waals surface area contributed by atoms with Crippen molar-refractivity contribution in [3.63, 3.8) is 0 Å². The maximum absolute atomic E-state index is 10.9. The van der Waals surface area contributed by atoms with Crippen LogP contribution >= 0.6 is 0 Å². The summed E-state index contributed by atoms with van der Waals surface area (Å²) >= 11 is 0. The Morgan fingerprint density at radius 2 is 2.14 bits per heavy atom. The fourth-order valence-corrected chi connectivity index (χ4v) is 2.19. The largest absolute Gasteiger partial charge is 0.447 e. The average molecular weight is 189 g/mol. The predicted molar refractivity (Wildman–Crippen MR) is 51.0 cm³/mol. The van der Waals surface area contributed by atoms with E-state index in [2.05, 4.69) is 17.4 Å². The van der Waals surface area contributed by atoms with E-state index in [1.54, 1.807) is 0 Å². The molecule has 1 saturated heterocycles. The highest BCUT2D eigenvalue weighted by molar-refractivity contribution is 5.72. The van der Waals surface area contributed by atoms with Gasteiger partial charge in [0.15, 0.2) is 0 Å². The van der Waals surface area contributed by atoms with Gasteiger partial charge in [-0.25, -0.2) is 4.79 Å². The Hall–Kier alpha value is -1.51. The van der Waals surface area contributed by atoms with Crippen LogP contribution < -0.4 is 5.32 Å². The number of nitrogens with one attached hydrogen (secondary N) is 1. The Morgan fingerprint density at radius 3 is 2.79 bits per heavy atom. The maximum Gasteiger partial charge on any atom is 0.407 e. The van der Waals surface area contributed by atoms with E-state index in [4.69, 9.17) is 4.74 Å². The summed E-state index contributed by atoms with van der Waals surface area (Å²) in [6.45, 7) is 0.519. The molecule has 1 heterocycles. The minimum atomic E-state index is -0.275. The second-order valence-corrected chi connectivity index (χ2v) is 4.02. The molecule has 0 radical (unpaired) electrons. The Kier molecular flexibility index (Phi) is 1.40. The number of ether oxygens (including phenoxy) is 1. The predicted octanol–water partition coefficient (Wildman–Crippen LogP) is 1.65. The molecular weight excluding hydrogens is 178 g/mol. The highest BCUT2D eigenvalue weighted by Gasteiger charge is 2.60. The van der Waals surface area contributed by atoms with Crippen LogP contribution in [0.25, 0.3) is 0 Å². The number of hydrogen-bond donors (Lipinski definition) is 1. The topological polar surface area (TPSA) is 38.3 Å². The highest BCUT2D eigenvalue weighted by atomic mass is 16.6. The molecule has 14 heavy (non-hydrogen) atoms. The van der Waals surface area contributed by atoms with Crippen molar-refractivity contribution in [2.45, 2.75) is 17.9 Å². The maximum atomic E-state index is 10.9. The van der Waals surface area contributed by atoms with Crippen LogP contribution in [-0.4, -0.2) is 18.2 Å². The van der Waals surface area contributed by atoms with E-state index in [9.17, 15) is 4.79 Å². The molecule has 3 heteroatoms. The number of benzene rings is 1. The SMILES string of the molecule is O=C1N[C@@]2(CO1)CC2c1ccccc1. The lowest BCUT2D eigenvalue weighted by Gasteiger charge is -2.05. The molecular formula is C11H11NO2. The van der Waals surface area contributed by atoms with Gasteiger partial charge in [-0.15, -0.1) is 0 Å². The second kappa shape index (κ2) is 2.50. The summed E-state index contributed by atoms with van der Waals surface area (Å²) in [7, 11) is 0. The van der Waals surface area contributed by atoms with Gasteiger partial charge in [-0.05, 0) is 12.0 Å². The molecule has 1 aliphatic carbocycles. The summed E-state index contributed by atoms with van der Waals surface area (Å²) < 4.78 is 4.93. The molecule has 3 rings (SSSR count). The molecule has 1 aliphatic heterocycles. The number of carbonyl (C=O) groups excluding carboxylic acids is 1. The average Bonchev–Trinajstić information content (AvgIpc) is 2.78. The summed E-state index contributed by atoms with van der Waals surface area (Å²) in [5.74, 6) is 0.440. The van der Waals surface area contributed by atoms with E-state index in [-0.39, 0.29) is 11.6 Å². The molecule has 0 aromatic heterocycles. The van der Waals surface area contributed by atoms with Crippen LogP contribution in [0.4, 0.5) is 4.79 Å². The van der Waals surface area contributed by atoms with Gasteiger partial charge in [-0.1, -0.05) is 30.3 Å². The van der Waals surface area contributed by atoms with Crippen LogP contribution in [0.2, 0.25) is 0 Å². The minimum absolute atomic E-state index is 0.0849. The molecule has 2 atom stereocenters. The first-order chi connectivity index (χ1) is 6.80. The van der Waals surface area contributed by atoms with Crippen LogP contribution in [0.5, 0.6) is 0 Å². The van der Waals surface area contributed by atoms with E-state index in [0.717, 1.165) is 6.42 Å². The molecule has 1 N–H and O–H groups in total. The third-order valence-corrected chi connectivity index (χ3v) is 3.09. The summed E-state index contributed by atoms with van der Waals surface area (Å²) in [6.07, 6.45) is 0.728. The lowest BCUT2D eigenvalue weighted by Crippen LogP contribution is -2.29. The number of cyclic esters (lactones) is 1. The van der Waals surface area contributed by atoms with Gasteiger partial charge in [0, 0.05) is 5.92 Å². The number of rotatable bonds is 1. The smallest absolute Gasteiger partial charge is 0.407 e. The third kappa shape index (κ3) is 1.02. The van der Waals surface area contributed by atoms with Crippen LogP contribution in [0.1, 0.15) is 17.9 Å². The van der Waals surface area contributed by atoms with Crippen molar-refractivity contribution >= 4 is 6.09 Å². The Balaban J connectivity index is 1.83. The van der Waals surface area contributed by atoms with Gasteiger partial charge < -0.3 is 10.1 Å². The van der Waals surface area contributed by atoms with E-state index < -0.39 is 0 Å². The van der Waals surface area contributed by atoms with Crippen LogP contribution in [0.15, 0.2) is 30.3 Å². The van der Waals surface area contributed by atoms with Gasteiger partial charge in [0.2, 0.25) is 0 Å². The summed E-state index contributed by atoms with van der Waals surface area (Å²) in [6, 6.07) is 10.3. The van der Waals surface area contributed by atoms with E-state index in [1.807, 2.05) is 18.2 Å². The number of carbonyl (C=O) groups is 1. The van der Waals surface area contributed by atoms with Crippen molar-refractivity contribution in [3.8, 4) is 0 Å². The first-order valence-corrected chi connectivity index (χ1v) is 4.80. The van der Waals surface area contributed by atoms with E-state index in [1.165, 1.54) is 5.56 Å². The van der Waals surface area contributed by atoms with Gasteiger partial charge in [0.1, 0.15) is 6.61 Å². The van der Waals surface area contributed by atoms with Crippen molar-refractivity contribution < 1.29 is 9.53 Å². The van der Waals surface area contributed by atoms with Crippen molar-refractivity contribution in [2.24, 2.45) is 0 Å². The van der Waals surface area contributed by atoms with Crippen LogP contribution in [0.3, 0.4) is 0 Å². The van der Waals surface area contributed by atoms with Gasteiger partial charge in [0.25, 0.3) is 0 Å². The zero-order chi connectivity index (χ0) is 9.60. The lowest BCUT2D eigenvalue weighted by atomic mass is 10.1. The van der Waals surface area contributed by atoms with E-state index in [0.29, 0.717) is 12.5 Å². The molecule has 1 aromatic rings. The van der Waals surface area contributed by atoms with Crippen molar-refractivity contribution in [1.29, 1.82) is 0 Å². The second-order valence-electron chi connectivity index (χ2n) is 4.02. The summed E-state index contributed by atoms with van der Waals surface area (Å²) in [5, 5.41) is 2.89. The molecule has 2 aliphatic rings. The molecule has 0 bridgehead atoms. The van der Waals surface area contributed by atoms with Gasteiger partial charge in [-0.2, -0.15) is 0 Å². The standard InChI is InChI=1S/C11H11NO2/c13-10-12-11(7-14-10)6-9(11)8-4-2-1-3-5-8/h1-5,9H,6-7H2,(H,12,13)/t9?,11-/m1/s1. The molecule has 2 fully saturated rings. The fraction of sp³-hybridized carbons (Fsp3) is 0.364. The number of amides is 1. The molecule has 1 saturated carbocycles. The zero-order valence-corrected chi connectivity index (χ0v) is 7.69. The Morgan fingerprint density at radius 1 is 1.36 bits per heavy atom. The molecule has 1 amide bonds. The molecule has 3 nitrogen and oxygen atoms in total. The van der Waals surface area contributed by atoms with Gasteiger partial charge in [-0.3, -0.25) is 0 Å². The fourth-order valence-electron chi connectivity index (χ4n) is 2.19. The quantitative estimate of drug-likeness (QED) is 0.729. The van der Waals surface area contributed by atoms with Crippen LogP contribution in [0, 0.1) is 0 Å². The minimum Gasteiger partial charge on any atom is -0.447 e. The monoisotopic (exact) mass is 189 g/mol.